The van der Waals surface area contributed by atoms with Gasteiger partial charge in [-0.15, -0.1) is 0 Å². The van der Waals surface area contributed by atoms with E-state index in [4.69, 9.17) is 5.11 Å². The van der Waals surface area contributed by atoms with Gasteiger partial charge in [0.25, 0.3) is 0 Å². The lowest BCUT2D eigenvalue weighted by Gasteiger charge is -2.16. The molecule has 1 amide bonds. The third kappa shape index (κ3) is 3.86. The molecule has 1 aromatic heterocycles. The highest BCUT2D eigenvalue weighted by molar-refractivity contribution is 5.91. The van der Waals surface area contributed by atoms with Gasteiger partial charge in [0.1, 0.15) is 0 Å². The zero-order valence-corrected chi connectivity index (χ0v) is 9.79. The first-order chi connectivity index (χ1) is 7.49. The number of carbonyl (C=O) groups excluding carboxylic acids is 1. The van der Waals surface area contributed by atoms with Crippen molar-refractivity contribution in [2.24, 2.45) is 7.05 Å². The van der Waals surface area contributed by atoms with Crippen LogP contribution < -0.4 is 0 Å². The SMILES string of the molecule is CC(O)CN(C)C(=O)C=Cc1cnn(C)c1. The maximum atomic E-state index is 11.6. The summed E-state index contributed by atoms with van der Waals surface area (Å²) in [6.07, 6.45) is 6.16. The molecule has 1 unspecified atom stereocenters. The van der Waals surface area contributed by atoms with Gasteiger partial charge in [0.15, 0.2) is 0 Å². The van der Waals surface area contributed by atoms with E-state index in [1.54, 1.807) is 30.9 Å². The van der Waals surface area contributed by atoms with Crippen LogP contribution in [0.3, 0.4) is 0 Å². The highest BCUT2D eigenvalue weighted by Crippen LogP contribution is 2.00. The van der Waals surface area contributed by atoms with Crippen molar-refractivity contribution in [2.45, 2.75) is 13.0 Å². The molecule has 88 valence electrons. The molecular formula is C11H17N3O2. The first-order valence-corrected chi connectivity index (χ1v) is 5.09. The second-order valence-electron chi connectivity index (χ2n) is 3.85. The average molecular weight is 223 g/mol. The first-order valence-electron chi connectivity index (χ1n) is 5.09. The summed E-state index contributed by atoms with van der Waals surface area (Å²) in [7, 11) is 3.47. The summed E-state index contributed by atoms with van der Waals surface area (Å²) in [6.45, 7) is 1.98. The Balaban J connectivity index is 2.53. The predicted octanol–water partition coefficient (Wildman–Crippen LogP) is 0.272. The Hall–Kier alpha value is -1.62. The molecule has 1 atom stereocenters. The van der Waals surface area contributed by atoms with Gasteiger partial charge in [0.2, 0.25) is 5.91 Å². The number of nitrogens with zero attached hydrogens (tertiary/aromatic N) is 3. The molecule has 0 aliphatic carbocycles. The van der Waals surface area contributed by atoms with Gasteiger partial charge in [0, 0.05) is 38.5 Å². The van der Waals surface area contributed by atoms with E-state index in [-0.39, 0.29) is 5.91 Å². The molecule has 1 aromatic rings. The van der Waals surface area contributed by atoms with Crippen LogP contribution in [0.4, 0.5) is 0 Å². The maximum Gasteiger partial charge on any atom is 0.246 e. The summed E-state index contributed by atoms with van der Waals surface area (Å²) in [6, 6.07) is 0. The summed E-state index contributed by atoms with van der Waals surface area (Å²) in [5, 5.41) is 13.1. The van der Waals surface area contributed by atoms with E-state index in [2.05, 4.69) is 5.10 Å². The topological polar surface area (TPSA) is 58.4 Å². The Labute approximate surface area is 95.0 Å². The van der Waals surface area contributed by atoms with E-state index in [0.717, 1.165) is 5.56 Å². The van der Waals surface area contributed by atoms with Crippen LogP contribution in [-0.2, 0) is 11.8 Å². The molecule has 0 radical (unpaired) electrons. The summed E-state index contributed by atoms with van der Waals surface area (Å²) in [4.78, 5) is 13.0. The number of rotatable bonds is 4. The fourth-order valence-corrected chi connectivity index (χ4v) is 1.31. The Kier molecular flexibility index (Phi) is 4.25. The van der Waals surface area contributed by atoms with E-state index in [9.17, 15) is 4.79 Å². The Bertz CT molecular complexity index is 382. The standard InChI is InChI=1S/C11H17N3O2/c1-9(15)7-13(2)11(16)5-4-10-6-12-14(3)8-10/h4-6,8-9,15H,7H2,1-3H3. The van der Waals surface area contributed by atoms with E-state index in [0.29, 0.717) is 6.54 Å². The molecule has 1 rings (SSSR count). The van der Waals surface area contributed by atoms with E-state index in [1.165, 1.54) is 11.0 Å². The number of likely N-dealkylation sites (N-methyl/N-ethyl adjacent to an activating group) is 1. The van der Waals surface area contributed by atoms with Crippen LogP contribution in [0.15, 0.2) is 18.5 Å². The lowest BCUT2D eigenvalue weighted by molar-refractivity contribution is -0.125. The zero-order chi connectivity index (χ0) is 12.1. The molecule has 1 heterocycles. The fourth-order valence-electron chi connectivity index (χ4n) is 1.31. The second-order valence-corrected chi connectivity index (χ2v) is 3.85. The number of aliphatic hydroxyl groups is 1. The summed E-state index contributed by atoms with van der Waals surface area (Å²) in [5.41, 5.74) is 0.876. The van der Waals surface area contributed by atoms with Gasteiger partial charge in [-0.25, -0.2) is 0 Å². The molecule has 0 fully saturated rings. The minimum absolute atomic E-state index is 0.134. The van der Waals surface area contributed by atoms with Gasteiger partial charge in [-0.05, 0) is 13.0 Å². The highest BCUT2D eigenvalue weighted by atomic mass is 16.3. The number of carbonyl (C=O) groups is 1. The maximum absolute atomic E-state index is 11.6. The quantitative estimate of drug-likeness (QED) is 0.745. The molecule has 0 spiro atoms. The fraction of sp³-hybridized carbons (Fsp3) is 0.455. The van der Waals surface area contributed by atoms with Crippen LogP contribution in [0.5, 0.6) is 0 Å². The van der Waals surface area contributed by atoms with E-state index >= 15 is 0 Å². The van der Waals surface area contributed by atoms with E-state index in [1.807, 2.05) is 13.2 Å². The van der Waals surface area contributed by atoms with Crippen LogP contribution >= 0.6 is 0 Å². The summed E-state index contributed by atoms with van der Waals surface area (Å²) >= 11 is 0. The van der Waals surface area contributed by atoms with Crippen LogP contribution in [0.1, 0.15) is 12.5 Å². The van der Waals surface area contributed by atoms with Crippen molar-refractivity contribution in [1.29, 1.82) is 0 Å². The average Bonchev–Trinajstić information content (AvgIpc) is 2.59. The van der Waals surface area contributed by atoms with Crippen molar-refractivity contribution >= 4 is 12.0 Å². The van der Waals surface area contributed by atoms with Crippen molar-refractivity contribution in [2.75, 3.05) is 13.6 Å². The molecule has 5 heteroatoms. The third-order valence-electron chi connectivity index (χ3n) is 2.06. The van der Waals surface area contributed by atoms with Gasteiger partial charge in [0.05, 0.1) is 12.3 Å². The van der Waals surface area contributed by atoms with Gasteiger partial charge in [-0.1, -0.05) is 0 Å². The minimum atomic E-state index is -0.513. The number of aliphatic hydroxyl groups excluding tert-OH is 1. The lowest BCUT2D eigenvalue weighted by atomic mass is 10.3. The smallest absolute Gasteiger partial charge is 0.246 e. The molecular weight excluding hydrogens is 206 g/mol. The molecule has 5 nitrogen and oxygen atoms in total. The molecule has 0 saturated heterocycles. The first kappa shape index (κ1) is 12.4. The van der Waals surface area contributed by atoms with E-state index < -0.39 is 6.10 Å². The Morgan fingerprint density at radius 3 is 2.94 bits per heavy atom. The molecule has 1 N–H and O–H groups in total. The molecule has 0 aromatic carbocycles. The van der Waals surface area contributed by atoms with Gasteiger partial charge >= 0.3 is 0 Å². The number of aromatic nitrogens is 2. The van der Waals surface area contributed by atoms with Crippen molar-refractivity contribution < 1.29 is 9.90 Å². The third-order valence-corrected chi connectivity index (χ3v) is 2.06. The molecule has 0 saturated carbocycles. The molecule has 16 heavy (non-hydrogen) atoms. The van der Waals surface area contributed by atoms with Crippen molar-refractivity contribution in [3.63, 3.8) is 0 Å². The van der Waals surface area contributed by atoms with Crippen molar-refractivity contribution in [3.8, 4) is 0 Å². The molecule has 0 aliphatic rings. The second kappa shape index (κ2) is 5.46. The number of aryl methyl sites for hydroxylation is 1. The number of hydrogen-bond donors (Lipinski definition) is 1. The number of amides is 1. The summed E-state index contributed by atoms with van der Waals surface area (Å²) in [5.74, 6) is -0.134. The minimum Gasteiger partial charge on any atom is -0.392 e. The van der Waals surface area contributed by atoms with Gasteiger partial charge in [-0.2, -0.15) is 5.10 Å². The summed E-state index contributed by atoms with van der Waals surface area (Å²) < 4.78 is 1.67. The van der Waals surface area contributed by atoms with Gasteiger partial charge < -0.3 is 10.0 Å². The van der Waals surface area contributed by atoms with Crippen molar-refractivity contribution in [3.05, 3.63) is 24.0 Å². The van der Waals surface area contributed by atoms with Crippen LogP contribution in [0.25, 0.3) is 6.08 Å². The van der Waals surface area contributed by atoms with Crippen molar-refractivity contribution in [1.82, 2.24) is 14.7 Å². The van der Waals surface area contributed by atoms with Crippen LogP contribution in [0.2, 0.25) is 0 Å². The lowest BCUT2D eigenvalue weighted by Crippen LogP contribution is -2.31. The zero-order valence-electron chi connectivity index (χ0n) is 9.79. The Morgan fingerprint density at radius 2 is 2.44 bits per heavy atom. The monoisotopic (exact) mass is 223 g/mol. The van der Waals surface area contributed by atoms with Crippen LogP contribution in [0, 0.1) is 0 Å². The predicted molar refractivity (Wildman–Crippen MR) is 61.6 cm³/mol. The number of hydrogen-bond acceptors (Lipinski definition) is 3. The van der Waals surface area contributed by atoms with Gasteiger partial charge in [-0.3, -0.25) is 9.48 Å². The largest absolute Gasteiger partial charge is 0.392 e. The highest BCUT2D eigenvalue weighted by Gasteiger charge is 2.07. The van der Waals surface area contributed by atoms with Crippen LogP contribution in [-0.4, -0.2) is 45.4 Å². The molecule has 0 bridgehead atoms. The normalized spacial score (nSPS) is 13.0. The Morgan fingerprint density at radius 1 is 1.75 bits per heavy atom. The molecule has 0 aliphatic heterocycles.